The van der Waals surface area contributed by atoms with Gasteiger partial charge in [0, 0.05) is 58.1 Å². The van der Waals surface area contributed by atoms with E-state index >= 15 is 0 Å². The van der Waals surface area contributed by atoms with Gasteiger partial charge in [-0.25, -0.2) is 9.18 Å². The Morgan fingerprint density at radius 2 is 1.85 bits per heavy atom. The Hall–Kier alpha value is -3.37. The summed E-state index contributed by atoms with van der Waals surface area (Å²) in [6.07, 6.45) is 2.03. The van der Waals surface area contributed by atoms with Gasteiger partial charge in [0.25, 0.3) is 5.91 Å². The molecule has 0 saturated carbocycles. The van der Waals surface area contributed by atoms with E-state index in [-0.39, 0.29) is 49.0 Å². The lowest BCUT2D eigenvalue weighted by atomic mass is 10.0. The molecule has 10 heteroatoms. The maximum Gasteiger partial charge on any atom is 0.321 e. The van der Waals surface area contributed by atoms with Crippen LogP contribution in [0.4, 0.5) is 20.6 Å². The van der Waals surface area contributed by atoms with Crippen LogP contribution in [-0.4, -0.2) is 92.5 Å². The fourth-order valence-corrected chi connectivity index (χ4v) is 4.76. The number of nitrogens with one attached hydrogen (secondary N) is 1. The minimum Gasteiger partial charge on any atom is -0.490 e. The quantitative estimate of drug-likeness (QED) is 0.514. The topological polar surface area (TPSA) is 94.6 Å². The van der Waals surface area contributed by atoms with Gasteiger partial charge in [0.1, 0.15) is 11.6 Å². The van der Waals surface area contributed by atoms with Gasteiger partial charge in [-0.1, -0.05) is 6.92 Å². The van der Waals surface area contributed by atoms with Gasteiger partial charge in [-0.3, -0.25) is 4.79 Å². The van der Waals surface area contributed by atoms with Crippen LogP contribution in [0.15, 0.2) is 42.5 Å². The lowest BCUT2D eigenvalue weighted by Crippen LogP contribution is -2.48. The van der Waals surface area contributed by atoms with Crippen LogP contribution in [0.1, 0.15) is 50.4 Å². The molecule has 1 aliphatic rings. The summed E-state index contributed by atoms with van der Waals surface area (Å²) in [5.74, 6) is -0.256. The molecule has 0 unspecified atom stereocenters. The van der Waals surface area contributed by atoms with Crippen LogP contribution in [0.5, 0.6) is 5.75 Å². The second-order valence-corrected chi connectivity index (χ2v) is 11.2. The van der Waals surface area contributed by atoms with E-state index in [0.717, 1.165) is 24.9 Å². The Labute approximate surface area is 243 Å². The number of hydrogen-bond donors (Lipinski definition) is 2. The van der Waals surface area contributed by atoms with Crippen molar-refractivity contribution in [3.05, 3.63) is 53.8 Å². The molecule has 41 heavy (non-hydrogen) atoms. The second kappa shape index (κ2) is 15.0. The molecule has 3 rings (SSSR count). The predicted octanol–water partition coefficient (Wildman–Crippen LogP) is 4.85. The number of amides is 3. The van der Waals surface area contributed by atoms with Crippen molar-refractivity contribution in [1.82, 2.24) is 9.80 Å². The fourth-order valence-electron chi connectivity index (χ4n) is 4.76. The van der Waals surface area contributed by atoms with Gasteiger partial charge < -0.3 is 34.6 Å². The zero-order valence-corrected chi connectivity index (χ0v) is 25.1. The zero-order valence-electron chi connectivity index (χ0n) is 25.1. The molecule has 0 aliphatic carbocycles. The van der Waals surface area contributed by atoms with Crippen LogP contribution < -0.4 is 15.0 Å². The molecule has 1 aliphatic heterocycles. The minimum absolute atomic E-state index is 0.102. The van der Waals surface area contributed by atoms with Gasteiger partial charge in [-0.2, -0.15) is 0 Å². The first-order chi connectivity index (χ1) is 19.5. The first-order valence-corrected chi connectivity index (χ1v) is 14.3. The molecule has 3 amide bonds. The molecule has 0 bridgehead atoms. The lowest BCUT2D eigenvalue weighted by Gasteiger charge is -2.36. The smallest absolute Gasteiger partial charge is 0.321 e. The summed E-state index contributed by atoms with van der Waals surface area (Å²) in [6, 6.07) is 10.4. The van der Waals surface area contributed by atoms with Crippen LogP contribution in [0.25, 0.3) is 0 Å². The molecule has 2 aromatic rings. The SMILES string of the molecule is C[C@@H]1CCCCO[C@@H](CN(C)C(=O)Nc2ccc(F)cc2)[C@H](C)CN([C@@H](C)CO)C(=O)c2cc(N(C)C)ccc2O1. The van der Waals surface area contributed by atoms with Crippen molar-refractivity contribution in [1.29, 1.82) is 0 Å². The monoisotopic (exact) mass is 572 g/mol. The van der Waals surface area contributed by atoms with Gasteiger partial charge in [-0.05, 0) is 75.6 Å². The molecule has 1 heterocycles. The van der Waals surface area contributed by atoms with Gasteiger partial charge >= 0.3 is 6.03 Å². The highest BCUT2D eigenvalue weighted by Gasteiger charge is 2.31. The summed E-state index contributed by atoms with van der Waals surface area (Å²) in [7, 11) is 5.51. The molecule has 0 spiro atoms. The number of nitrogens with zero attached hydrogens (tertiary/aromatic N) is 3. The van der Waals surface area contributed by atoms with E-state index in [1.54, 1.807) is 11.9 Å². The largest absolute Gasteiger partial charge is 0.490 e. The molecule has 9 nitrogen and oxygen atoms in total. The van der Waals surface area contributed by atoms with Crippen LogP contribution in [-0.2, 0) is 4.74 Å². The number of aliphatic hydroxyl groups is 1. The Kier molecular flexibility index (Phi) is 11.8. The molecule has 0 saturated heterocycles. The molecule has 2 N–H and O–H groups in total. The van der Waals surface area contributed by atoms with Crippen molar-refractivity contribution >= 4 is 23.3 Å². The van der Waals surface area contributed by atoms with Crippen molar-refractivity contribution in [2.75, 3.05) is 57.7 Å². The summed E-state index contributed by atoms with van der Waals surface area (Å²) in [5.41, 5.74) is 1.80. The highest BCUT2D eigenvalue weighted by atomic mass is 19.1. The summed E-state index contributed by atoms with van der Waals surface area (Å²) in [4.78, 5) is 32.1. The number of likely N-dealkylation sites (N-methyl/N-ethyl adjacent to an activating group) is 1. The van der Waals surface area contributed by atoms with E-state index < -0.39 is 6.04 Å². The van der Waals surface area contributed by atoms with Gasteiger partial charge in [0.05, 0.1) is 30.4 Å². The third-order valence-corrected chi connectivity index (χ3v) is 7.45. The van der Waals surface area contributed by atoms with Crippen LogP contribution in [0.3, 0.4) is 0 Å². The zero-order chi connectivity index (χ0) is 30.1. The Balaban J connectivity index is 1.87. The molecule has 4 atom stereocenters. The van der Waals surface area contributed by atoms with E-state index in [1.807, 2.05) is 58.0 Å². The second-order valence-electron chi connectivity index (χ2n) is 11.2. The minimum atomic E-state index is -0.453. The van der Waals surface area contributed by atoms with Crippen LogP contribution in [0.2, 0.25) is 0 Å². The van der Waals surface area contributed by atoms with Gasteiger partial charge in [0.2, 0.25) is 0 Å². The molecular weight excluding hydrogens is 527 g/mol. The Morgan fingerprint density at radius 1 is 1.15 bits per heavy atom. The first kappa shape index (κ1) is 32.1. The summed E-state index contributed by atoms with van der Waals surface area (Å²) >= 11 is 0. The maximum atomic E-state index is 14.1. The van der Waals surface area contributed by atoms with E-state index in [1.165, 1.54) is 29.2 Å². The number of ether oxygens (including phenoxy) is 2. The number of urea groups is 1. The van der Waals surface area contributed by atoms with Gasteiger partial charge in [-0.15, -0.1) is 0 Å². The Morgan fingerprint density at radius 3 is 2.51 bits per heavy atom. The number of anilines is 2. The van der Waals surface area contributed by atoms with Crippen molar-refractivity contribution in [2.24, 2.45) is 5.92 Å². The Bertz CT molecular complexity index is 1150. The number of fused-ring (bicyclic) bond motifs is 1. The average Bonchev–Trinajstić information content (AvgIpc) is 2.94. The van der Waals surface area contributed by atoms with E-state index in [9.17, 15) is 19.1 Å². The maximum absolute atomic E-state index is 14.1. The van der Waals surface area contributed by atoms with Crippen LogP contribution in [0, 0.1) is 11.7 Å². The first-order valence-electron chi connectivity index (χ1n) is 14.3. The standard InChI is InChI=1S/C31H45FN4O5/c1-21-18-36(22(2)20-37)30(38)27-17-26(34(4)5)14-15-28(27)41-23(3)9-7-8-16-40-29(21)19-35(6)31(39)33-25-12-10-24(32)11-13-25/h10-15,17,21-23,29,37H,7-9,16,18-20H2,1-6H3,(H,33,39)/t21-,22+,23-,29+/m1/s1. The highest BCUT2D eigenvalue weighted by Crippen LogP contribution is 2.29. The third-order valence-electron chi connectivity index (χ3n) is 7.45. The number of hydrogen-bond acceptors (Lipinski definition) is 6. The van der Waals surface area contributed by atoms with E-state index in [0.29, 0.717) is 30.2 Å². The van der Waals surface area contributed by atoms with Crippen LogP contribution >= 0.6 is 0 Å². The third kappa shape index (κ3) is 9.06. The molecule has 0 radical (unpaired) electrons. The van der Waals surface area contributed by atoms with E-state index in [2.05, 4.69) is 5.32 Å². The molecule has 226 valence electrons. The lowest BCUT2D eigenvalue weighted by molar-refractivity contribution is -0.0115. The van der Waals surface area contributed by atoms with Crippen molar-refractivity contribution in [3.63, 3.8) is 0 Å². The number of carbonyl (C=O) groups excluding carboxylic acids is 2. The fraction of sp³-hybridized carbons (Fsp3) is 0.548. The van der Waals surface area contributed by atoms with Gasteiger partial charge in [0.15, 0.2) is 0 Å². The number of rotatable bonds is 6. The summed E-state index contributed by atoms with van der Waals surface area (Å²) in [6.45, 7) is 6.68. The number of benzene rings is 2. The molecule has 0 aromatic heterocycles. The summed E-state index contributed by atoms with van der Waals surface area (Å²) < 4.78 is 25.8. The summed E-state index contributed by atoms with van der Waals surface area (Å²) in [5, 5.41) is 12.9. The average molecular weight is 573 g/mol. The molecular formula is C31H45FN4O5. The normalized spacial score (nSPS) is 21.2. The van der Waals surface area contributed by atoms with Crippen molar-refractivity contribution in [2.45, 2.75) is 58.3 Å². The number of aliphatic hydroxyl groups excluding tert-OH is 1. The van der Waals surface area contributed by atoms with Crippen molar-refractivity contribution in [3.8, 4) is 5.75 Å². The highest BCUT2D eigenvalue weighted by molar-refractivity contribution is 5.98. The van der Waals surface area contributed by atoms with Crippen molar-refractivity contribution < 1.29 is 28.6 Å². The molecule has 2 aromatic carbocycles. The number of halogens is 1. The predicted molar refractivity (Wildman–Crippen MR) is 159 cm³/mol. The number of carbonyl (C=O) groups is 2. The molecule has 0 fully saturated rings. The van der Waals surface area contributed by atoms with E-state index in [4.69, 9.17) is 9.47 Å².